The molecule has 13 heavy (non-hydrogen) atoms. The minimum atomic E-state index is -0.481. The van der Waals surface area contributed by atoms with Crippen molar-refractivity contribution in [2.75, 3.05) is 13.1 Å². The van der Waals surface area contributed by atoms with Crippen LogP contribution in [0.1, 0.15) is 51.5 Å². The van der Waals surface area contributed by atoms with E-state index >= 15 is 0 Å². The Balaban J connectivity index is 2.88. The van der Waals surface area contributed by atoms with Crippen LogP contribution < -0.4 is 0 Å². The SMILES string of the molecule is [2H]C1CN(C(C)C)C([2H])C([2H])C1C(C)(C)C. The molecule has 0 aromatic carbocycles. The second-order valence-electron chi connectivity index (χ2n) is 5.26. The number of hydrogen-bond donors (Lipinski definition) is 0. The van der Waals surface area contributed by atoms with Gasteiger partial charge in [-0.25, -0.2) is 0 Å². The molecule has 0 saturated carbocycles. The van der Waals surface area contributed by atoms with Gasteiger partial charge >= 0.3 is 0 Å². The molecule has 0 aromatic rings. The fourth-order valence-corrected chi connectivity index (χ4v) is 1.60. The van der Waals surface area contributed by atoms with Gasteiger partial charge < -0.3 is 4.90 Å². The van der Waals surface area contributed by atoms with E-state index in [0.29, 0.717) is 6.54 Å². The molecular formula is C12H25N. The zero-order valence-corrected chi connectivity index (χ0v) is 9.54. The van der Waals surface area contributed by atoms with Gasteiger partial charge in [0.25, 0.3) is 0 Å². The fraction of sp³-hybridized carbons (Fsp3) is 1.00. The molecule has 1 aliphatic rings. The first-order valence-electron chi connectivity index (χ1n) is 6.92. The first kappa shape index (κ1) is 7.28. The van der Waals surface area contributed by atoms with Crippen molar-refractivity contribution in [3.63, 3.8) is 0 Å². The first-order chi connectivity index (χ1) is 7.16. The maximum atomic E-state index is 8.20. The van der Waals surface area contributed by atoms with Gasteiger partial charge in [-0.1, -0.05) is 20.8 Å². The van der Waals surface area contributed by atoms with Gasteiger partial charge in [-0.15, -0.1) is 0 Å². The predicted molar refractivity (Wildman–Crippen MR) is 58.9 cm³/mol. The van der Waals surface area contributed by atoms with Crippen molar-refractivity contribution in [1.29, 1.82) is 0 Å². The number of likely N-dealkylation sites (tertiary alicyclic amines) is 1. The molecule has 0 amide bonds. The van der Waals surface area contributed by atoms with E-state index in [0.717, 1.165) is 0 Å². The molecule has 4 unspecified atom stereocenters. The lowest BCUT2D eigenvalue weighted by Crippen LogP contribution is -2.41. The lowest BCUT2D eigenvalue weighted by Gasteiger charge is -2.40. The van der Waals surface area contributed by atoms with Gasteiger partial charge in [-0.2, -0.15) is 0 Å². The predicted octanol–water partition coefficient (Wildman–Crippen LogP) is 3.15. The molecule has 1 rings (SSSR count). The third kappa shape index (κ3) is 2.98. The van der Waals surface area contributed by atoms with Crippen molar-refractivity contribution < 1.29 is 4.11 Å². The average Bonchev–Trinajstić information content (AvgIpc) is 2.08. The Bertz CT molecular complexity index is 237. The quantitative estimate of drug-likeness (QED) is 0.608. The highest BCUT2D eigenvalue weighted by Crippen LogP contribution is 2.34. The topological polar surface area (TPSA) is 3.24 Å². The third-order valence-corrected chi connectivity index (χ3v) is 2.72. The van der Waals surface area contributed by atoms with E-state index in [2.05, 4.69) is 20.8 Å². The maximum Gasteiger partial charge on any atom is 0.0431 e. The summed E-state index contributed by atoms with van der Waals surface area (Å²) in [5, 5.41) is 0. The second-order valence-corrected chi connectivity index (χ2v) is 5.26. The van der Waals surface area contributed by atoms with Crippen LogP contribution in [-0.4, -0.2) is 24.0 Å². The van der Waals surface area contributed by atoms with Crippen LogP contribution >= 0.6 is 0 Å². The maximum absolute atomic E-state index is 8.20. The van der Waals surface area contributed by atoms with Gasteiger partial charge in [0, 0.05) is 10.2 Å². The van der Waals surface area contributed by atoms with Gasteiger partial charge in [0.2, 0.25) is 0 Å². The minimum Gasteiger partial charge on any atom is -0.301 e. The summed E-state index contributed by atoms with van der Waals surface area (Å²) in [5.41, 5.74) is -0.0544. The largest absolute Gasteiger partial charge is 0.301 e. The molecule has 1 fully saturated rings. The van der Waals surface area contributed by atoms with Crippen molar-refractivity contribution in [3.8, 4) is 0 Å². The van der Waals surface area contributed by atoms with Crippen molar-refractivity contribution >= 4 is 0 Å². The van der Waals surface area contributed by atoms with E-state index in [1.54, 1.807) is 0 Å². The molecule has 0 spiro atoms. The van der Waals surface area contributed by atoms with Gasteiger partial charge in [0.1, 0.15) is 0 Å². The number of piperidine rings is 1. The molecule has 1 saturated heterocycles. The van der Waals surface area contributed by atoms with E-state index in [1.807, 2.05) is 18.7 Å². The van der Waals surface area contributed by atoms with E-state index in [-0.39, 0.29) is 23.8 Å². The van der Waals surface area contributed by atoms with Gasteiger partial charge in [-0.05, 0) is 51.0 Å². The molecule has 0 aromatic heterocycles. The highest BCUT2D eigenvalue weighted by atomic mass is 15.1. The van der Waals surface area contributed by atoms with Crippen LogP contribution in [-0.2, 0) is 0 Å². The normalized spacial score (nSPS) is 47.1. The summed E-state index contributed by atoms with van der Waals surface area (Å²) in [6.45, 7) is 10.5. The Morgan fingerprint density at radius 2 is 1.92 bits per heavy atom. The zero-order valence-electron chi connectivity index (χ0n) is 12.5. The van der Waals surface area contributed by atoms with Crippen molar-refractivity contribution in [1.82, 2.24) is 4.90 Å². The highest BCUT2D eigenvalue weighted by Gasteiger charge is 2.29. The molecule has 1 nitrogen and oxygen atoms in total. The lowest BCUT2D eigenvalue weighted by molar-refractivity contribution is 0.0930. The summed E-state index contributed by atoms with van der Waals surface area (Å²) in [4.78, 5) is 1.97. The standard InChI is InChI=1S/C12H25N/c1-10(2)13-8-6-11(7-9-13)12(3,4)5/h10-11H,6-9H2,1-5H3/i6D,7D,8D. The van der Waals surface area contributed by atoms with Crippen LogP contribution in [0.4, 0.5) is 0 Å². The van der Waals surface area contributed by atoms with Crippen LogP contribution in [0.25, 0.3) is 0 Å². The molecule has 0 aliphatic carbocycles. The number of hydrogen-bond acceptors (Lipinski definition) is 1. The molecule has 1 heteroatoms. The Kier molecular flexibility index (Phi) is 2.24. The Hall–Kier alpha value is -0.0400. The number of rotatable bonds is 1. The van der Waals surface area contributed by atoms with Crippen LogP contribution in [0.15, 0.2) is 0 Å². The van der Waals surface area contributed by atoms with Gasteiger partial charge in [0.05, 0.1) is 0 Å². The van der Waals surface area contributed by atoms with Crippen LogP contribution in [0, 0.1) is 11.3 Å². The summed E-state index contributed by atoms with van der Waals surface area (Å²) in [6.07, 6.45) is -0.717. The molecule has 1 aliphatic heterocycles. The molecule has 0 bridgehead atoms. The van der Waals surface area contributed by atoms with Gasteiger partial charge in [-0.3, -0.25) is 0 Å². The van der Waals surface area contributed by atoms with Crippen molar-refractivity contribution in [2.45, 2.75) is 53.5 Å². The summed E-state index contributed by atoms with van der Waals surface area (Å²) < 4.78 is 24.5. The van der Waals surface area contributed by atoms with Crippen molar-refractivity contribution in [3.05, 3.63) is 0 Å². The smallest absolute Gasteiger partial charge is 0.0431 e. The van der Waals surface area contributed by atoms with Gasteiger partial charge in [0.15, 0.2) is 0 Å². The second kappa shape index (κ2) is 4.00. The summed E-state index contributed by atoms with van der Waals surface area (Å²) in [7, 11) is 0. The molecule has 1 heterocycles. The van der Waals surface area contributed by atoms with E-state index in [4.69, 9.17) is 4.11 Å². The highest BCUT2D eigenvalue weighted by molar-refractivity contribution is 4.81. The minimum absolute atomic E-state index is 0.00926. The van der Waals surface area contributed by atoms with Crippen molar-refractivity contribution in [2.24, 2.45) is 11.3 Å². The third-order valence-electron chi connectivity index (χ3n) is 2.72. The molecule has 78 valence electrons. The van der Waals surface area contributed by atoms with Crippen LogP contribution in [0.3, 0.4) is 0 Å². The first-order valence-corrected chi connectivity index (χ1v) is 5.18. The Morgan fingerprint density at radius 3 is 2.38 bits per heavy atom. The fourth-order valence-electron chi connectivity index (χ4n) is 1.60. The van der Waals surface area contributed by atoms with Crippen LogP contribution in [0.5, 0.6) is 0 Å². The monoisotopic (exact) mass is 186 g/mol. The number of nitrogens with zero attached hydrogens (tertiary/aromatic N) is 1. The van der Waals surface area contributed by atoms with E-state index < -0.39 is 12.9 Å². The van der Waals surface area contributed by atoms with Crippen LogP contribution in [0.2, 0.25) is 0 Å². The molecule has 0 N–H and O–H groups in total. The zero-order chi connectivity index (χ0) is 12.7. The summed E-state index contributed by atoms with van der Waals surface area (Å²) in [5.74, 6) is -0.00926. The van der Waals surface area contributed by atoms with E-state index in [1.165, 1.54) is 0 Å². The molecular weight excluding hydrogens is 158 g/mol. The molecule has 4 atom stereocenters. The summed E-state index contributed by atoms with van der Waals surface area (Å²) in [6, 6.07) is 0.254. The Labute approximate surface area is 87.7 Å². The average molecular weight is 186 g/mol. The van der Waals surface area contributed by atoms with E-state index in [9.17, 15) is 0 Å². The summed E-state index contributed by atoms with van der Waals surface area (Å²) >= 11 is 0. The Morgan fingerprint density at radius 1 is 1.31 bits per heavy atom. The lowest BCUT2D eigenvalue weighted by atomic mass is 9.75. The molecule has 0 radical (unpaired) electrons.